The maximum absolute atomic E-state index is 12.9. The SMILES string of the molecule is CCC(C)(C)C(=O)OC1CC2CC1CC2C(=O)OC(C)(C)c1ccc(S)cc1. The van der Waals surface area contributed by atoms with Crippen LogP contribution in [0, 0.1) is 23.2 Å². The van der Waals surface area contributed by atoms with Gasteiger partial charge in [-0.05, 0) is 82.9 Å². The Bertz CT molecular complexity index is 737. The van der Waals surface area contributed by atoms with Crippen LogP contribution >= 0.6 is 12.6 Å². The Balaban J connectivity index is 1.58. The van der Waals surface area contributed by atoms with E-state index in [9.17, 15) is 9.59 Å². The van der Waals surface area contributed by atoms with Gasteiger partial charge in [-0.3, -0.25) is 9.59 Å². The Morgan fingerprint density at radius 3 is 2.21 bits per heavy atom. The van der Waals surface area contributed by atoms with Gasteiger partial charge in [0.15, 0.2) is 0 Å². The van der Waals surface area contributed by atoms with E-state index in [1.165, 1.54) is 0 Å². The molecule has 4 nitrogen and oxygen atoms in total. The molecule has 2 fully saturated rings. The average Bonchev–Trinajstić information content (AvgIpc) is 3.22. The molecule has 1 aromatic rings. The minimum absolute atomic E-state index is 0.0525. The summed E-state index contributed by atoms with van der Waals surface area (Å²) in [5.74, 6) is 0.163. The molecule has 0 radical (unpaired) electrons. The van der Waals surface area contributed by atoms with Crippen molar-refractivity contribution < 1.29 is 19.1 Å². The van der Waals surface area contributed by atoms with Crippen LogP contribution in [0.15, 0.2) is 29.2 Å². The van der Waals surface area contributed by atoms with E-state index >= 15 is 0 Å². The predicted octanol–water partition coefficient (Wildman–Crippen LogP) is 5.15. The van der Waals surface area contributed by atoms with E-state index < -0.39 is 11.0 Å². The standard InChI is InChI=1S/C23H32O4S/c1-6-22(2,3)21(25)26-19-13-14-11-15(19)12-18(14)20(24)27-23(4,5)16-7-9-17(28)10-8-16/h7-10,14-15,18-19,28H,6,11-13H2,1-5H3. The topological polar surface area (TPSA) is 52.6 Å². The van der Waals surface area contributed by atoms with Gasteiger partial charge >= 0.3 is 11.9 Å². The van der Waals surface area contributed by atoms with Gasteiger partial charge in [0.25, 0.3) is 0 Å². The molecule has 0 aliphatic heterocycles. The molecule has 2 aliphatic carbocycles. The number of benzene rings is 1. The van der Waals surface area contributed by atoms with Crippen LogP contribution in [0.25, 0.3) is 0 Å². The van der Waals surface area contributed by atoms with Crippen molar-refractivity contribution in [3.63, 3.8) is 0 Å². The van der Waals surface area contributed by atoms with Gasteiger partial charge < -0.3 is 9.47 Å². The zero-order chi connectivity index (χ0) is 20.7. The van der Waals surface area contributed by atoms with Crippen molar-refractivity contribution in [3.8, 4) is 0 Å². The monoisotopic (exact) mass is 404 g/mol. The van der Waals surface area contributed by atoms with Crippen molar-refractivity contribution in [1.82, 2.24) is 0 Å². The Labute approximate surface area is 173 Å². The molecule has 0 N–H and O–H groups in total. The fraction of sp³-hybridized carbons (Fsp3) is 0.652. The fourth-order valence-corrected chi connectivity index (χ4v) is 4.50. The highest BCUT2D eigenvalue weighted by atomic mass is 32.1. The number of hydrogen-bond acceptors (Lipinski definition) is 5. The highest BCUT2D eigenvalue weighted by Crippen LogP contribution is 2.51. The Morgan fingerprint density at radius 2 is 1.68 bits per heavy atom. The smallest absolute Gasteiger partial charge is 0.311 e. The maximum Gasteiger partial charge on any atom is 0.311 e. The zero-order valence-corrected chi connectivity index (χ0v) is 18.4. The molecule has 2 aliphatic rings. The average molecular weight is 405 g/mol. The molecular formula is C23H32O4S. The van der Waals surface area contributed by atoms with E-state index in [2.05, 4.69) is 12.6 Å². The molecule has 2 bridgehead atoms. The third kappa shape index (κ3) is 4.24. The van der Waals surface area contributed by atoms with Crippen LogP contribution in [0.1, 0.15) is 65.9 Å². The highest BCUT2D eigenvalue weighted by Gasteiger charge is 2.52. The normalized spacial score (nSPS) is 26.9. The van der Waals surface area contributed by atoms with Crippen molar-refractivity contribution in [3.05, 3.63) is 29.8 Å². The van der Waals surface area contributed by atoms with E-state index in [4.69, 9.17) is 9.47 Å². The van der Waals surface area contributed by atoms with E-state index in [0.29, 0.717) is 0 Å². The zero-order valence-electron chi connectivity index (χ0n) is 17.5. The number of thiol groups is 1. The molecule has 2 saturated carbocycles. The molecule has 0 amide bonds. The van der Waals surface area contributed by atoms with Crippen LogP contribution in [-0.2, 0) is 24.7 Å². The van der Waals surface area contributed by atoms with Crippen LogP contribution in [-0.4, -0.2) is 18.0 Å². The van der Waals surface area contributed by atoms with E-state index in [1.807, 2.05) is 58.9 Å². The van der Waals surface area contributed by atoms with Gasteiger partial charge in [0.05, 0.1) is 11.3 Å². The van der Waals surface area contributed by atoms with Gasteiger partial charge in [0, 0.05) is 4.90 Å². The van der Waals surface area contributed by atoms with Gasteiger partial charge in [-0.15, -0.1) is 12.6 Å². The van der Waals surface area contributed by atoms with Crippen molar-refractivity contribution in [1.29, 1.82) is 0 Å². The summed E-state index contributed by atoms with van der Waals surface area (Å²) in [6.45, 7) is 9.68. The Hall–Kier alpha value is -1.49. The predicted molar refractivity (Wildman–Crippen MR) is 111 cm³/mol. The molecule has 1 aromatic carbocycles. The van der Waals surface area contributed by atoms with E-state index in [1.54, 1.807) is 0 Å². The molecule has 5 heteroatoms. The molecule has 3 rings (SSSR count). The number of esters is 2. The lowest BCUT2D eigenvalue weighted by Crippen LogP contribution is -2.37. The van der Waals surface area contributed by atoms with Gasteiger partial charge in [0.2, 0.25) is 0 Å². The van der Waals surface area contributed by atoms with Gasteiger partial charge in [-0.25, -0.2) is 0 Å². The molecule has 0 heterocycles. The molecule has 0 spiro atoms. The van der Waals surface area contributed by atoms with Crippen molar-refractivity contribution >= 4 is 24.6 Å². The number of fused-ring (bicyclic) bond motifs is 2. The maximum atomic E-state index is 12.9. The van der Waals surface area contributed by atoms with Crippen LogP contribution < -0.4 is 0 Å². The third-order valence-corrected chi connectivity index (χ3v) is 7.01. The van der Waals surface area contributed by atoms with Crippen LogP contribution in [0.2, 0.25) is 0 Å². The summed E-state index contributed by atoms with van der Waals surface area (Å²) in [4.78, 5) is 26.2. The fourth-order valence-electron chi connectivity index (χ4n) is 4.35. The van der Waals surface area contributed by atoms with Crippen LogP contribution in [0.3, 0.4) is 0 Å². The van der Waals surface area contributed by atoms with Crippen LogP contribution in [0.5, 0.6) is 0 Å². The first-order valence-corrected chi connectivity index (χ1v) is 10.7. The lowest BCUT2D eigenvalue weighted by molar-refractivity contribution is -0.168. The van der Waals surface area contributed by atoms with Gasteiger partial charge in [-0.2, -0.15) is 0 Å². The minimum Gasteiger partial charge on any atom is -0.462 e. The first-order valence-electron chi connectivity index (χ1n) is 10.3. The van der Waals surface area contributed by atoms with E-state index in [-0.39, 0.29) is 35.8 Å². The van der Waals surface area contributed by atoms with Crippen molar-refractivity contribution in [2.45, 2.75) is 76.9 Å². The number of carbonyl (C=O) groups is 2. The molecule has 4 unspecified atom stereocenters. The largest absolute Gasteiger partial charge is 0.462 e. The number of rotatable bonds is 6. The molecule has 0 aromatic heterocycles. The summed E-state index contributed by atoms with van der Waals surface area (Å²) < 4.78 is 11.7. The molecule has 154 valence electrons. The second-order valence-electron chi connectivity index (χ2n) is 9.49. The Morgan fingerprint density at radius 1 is 1.04 bits per heavy atom. The second kappa shape index (κ2) is 7.74. The van der Waals surface area contributed by atoms with Gasteiger partial charge in [0.1, 0.15) is 11.7 Å². The quantitative estimate of drug-likeness (QED) is 0.526. The summed E-state index contributed by atoms with van der Waals surface area (Å²) >= 11 is 4.31. The van der Waals surface area contributed by atoms with Crippen molar-refractivity contribution in [2.24, 2.45) is 23.2 Å². The van der Waals surface area contributed by atoms with Crippen molar-refractivity contribution in [2.75, 3.05) is 0 Å². The molecule has 28 heavy (non-hydrogen) atoms. The summed E-state index contributed by atoms with van der Waals surface area (Å²) in [5, 5.41) is 0. The van der Waals surface area contributed by atoms with Gasteiger partial charge in [-0.1, -0.05) is 19.1 Å². The molecular weight excluding hydrogens is 372 g/mol. The second-order valence-corrected chi connectivity index (χ2v) is 10.0. The Kier molecular flexibility index (Phi) is 5.86. The number of carbonyl (C=O) groups excluding carboxylic acids is 2. The lowest BCUT2D eigenvalue weighted by Gasteiger charge is -2.32. The van der Waals surface area contributed by atoms with E-state index in [0.717, 1.165) is 36.1 Å². The summed E-state index contributed by atoms with van der Waals surface area (Å²) in [6, 6.07) is 7.70. The van der Waals surface area contributed by atoms with Crippen LogP contribution in [0.4, 0.5) is 0 Å². The summed E-state index contributed by atoms with van der Waals surface area (Å²) in [6.07, 6.45) is 3.16. The molecule has 4 atom stereocenters. The summed E-state index contributed by atoms with van der Waals surface area (Å²) in [7, 11) is 0. The number of hydrogen-bond donors (Lipinski definition) is 1. The summed E-state index contributed by atoms with van der Waals surface area (Å²) in [5.41, 5.74) is -0.181. The minimum atomic E-state index is -0.683. The lowest BCUT2D eigenvalue weighted by atomic mass is 9.86. The highest BCUT2D eigenvalue weighted by molar-refractivity contribution is 7.80. The first kappa shape index (κ1) is 21.2. The third-order valence-electron chi connectivity index (χ3n) is 6.71. The first-order chi connectivity index (χ1) is 13.0. The molecule has 0 saturated heterocycles. The number of ether oxygens (including phenoxy) is 2.